The van der Waals surface area contributed by atoms with Crippen molar-refractivity contribution in [2.45, 2.75) is 19.4 Å². The SMILES string of the molecule is CCN1C[C@@H]2CCN[C@@H]2c2ccccc21. The standard InChI is InChI=1S/C13H18N2/c1-2-15-9-10-7-8-14-13(10)11-5-3-4-6-12(11)15/h3-6,10,13-14H,2,7-9H2,1H3/t10-,13-/m0/s1. The van der Waals surface area contributed by atoms with Crippen LogP contribution in [0, 0.1) is 5.92 Å². The molecule has 2 aliphatic rings. The molecule has 2 heterocycles. The van der Waals surface area contributed by atoms with Crippen molar-refractivity contribution >= 4 is 5.69 Å². The second kappa shape index (κ2) is 3.53. The Hall–Kier alpha value is -1.02. The lowest BCUT2D eigenvalue weighted by atomic mass is 9.88. The second-order valence-electron chi connectivity index (χ2n) is 4.58. The molecule has 0 spiro atoms. The average molecular weight is 202 g/mol. The molecule has 1 saturated heterocycles. The molecule has 80 valence electrons. The van der Waals surface area contributed by atoms with Gasteiger partial charge in [0.1, 0.15) is 0 Å². The van der Waals surface area contributed by atoms with Gasteiger partial charge >= 0.3 is 0 Å². The summed E-state index contributed by atoms with van der Waals surface area (Å²) in [5, 5.41) is 3.63. The molecule has 2 atom stereocenters. The highest BCUT2D eigenvalue weighted by molar-refractivity contribution is 5.57. The summed E-state index contributed by atoms with van der Waals surface area (Å²) in [7, 11) is 0. The topological polar surface area (TPSA) is 15.3 Å². The first-order chi connectivity index (χ1) is 7.40. The van der Waals surface area contributed by atoms with Crippen LogP contribution in [0.5, 0.6) is 0 Å². The lowest BCUT2D eigenvalue weighted by molar-refractivity contribution is 0.437. The van der Waals surface area contributed by atoms with E-state index in [4.69, 9.17) is 0 Å². The third-order valence-corrected chi connectivity index (χ3v) is 3.80. The maximum atomic E-state index is 3.63. The van der Waals surface area contributed by atoms with E-state index in [0.717, 1.165) is 12.5 Å². The Morgan fingerprint density at radius 2 is 2.27 bits per heavy atom. The molecule has 0 radical (unpaired) electrons. The Bertz CT molecular complexity index is 361. The first-order valence-corrected chi connectivity index (χ1v) is 5.97. The van der Waals surface area contributed by atoms with E-state index in [2.05, 4.69) is 41.4 Å². The minimum absolute atomic E-state index is 0.615. The Balaban J connectivity index is 2.06. The van der Waals surface area contributed by atoms with Gasteiger partial charge in [0.05, 0.1) is 0 Å². The zero-order valence-corrected chi connectivity index (χ0v) is 9.24. The summed E-state index contributed by atoms with van der Waals surface area (Å²) in [6.45, 7) is 5.78. The van der Waals surface area contributed by atoms with Gasteiger partial charge in [-0.1, -0.05) is 18.2 Å². The van der Waals surface area contributed by atoms with Crippen LogP contribution in [0.25, 0.3) is 0 Å². The highest BCUT2D eigenvalue weighted by atomic mass is 15.2. The summed E-state index contributed by atoms with van der Waals surface area (Å²) >= 11 is 0. The average Bonchev–Trinajstić information content (AvgIpc) is 2.76. The van der Waals surface area contributed by atoms with Crippen molar-refractivity contribution in [1.29, 1.82) is 0 Å². The van der Waals surface area contributed by atoms with Gasteiger partial charge in [-0.05, 0) is 37.4 Å². The number of benzene rings is 1. The Kier molecular flexibility index (Phi) is 2.17. The van der Waals surface area contributed by atoms with Crippen molar-refractivity contribution in [3.8, 4) is 0 Å². The van der Waals surface area contributed by atoms with Crippen molar-refractivity contribution in [2.75, 3.05) is 24.5 Å². The van der Waals surface area contributed by atoms with E-state index in [9.17, 15) is 0 Å². The second-order valence-corrected chi connectivity index (χ2v) is 4.58. The first-order valence-electron chi connectivity index (χ1n) is 5.97. The van der Waals surface area contributed by atoms with Crippen LogP contribution < -0.4 is 10.2 Å². The predicted molar refractivity (Wildman–Crippen MR) is 63.2 cm³/mol. The number of nitrogens with zero attached hydrogens (tertiary/aromatic N) is 1. The molecular weight excluding hydrogens is 184 g/mol. The van der Waals surface area contributed by atoms with E-state index in [1.165, 1.54) is 30.8 Å². The van der Waals surface area contributed by atoms with Crippen LogP contribution in [-0.2, 0) is 0 Å². The Morgan fingerprint density at radius 1 is 1.40 bits per heavy atom. The molecule has 15 heavy (non-hydrogen) atoms. The van der Waals surface area contributed by atoms with E-state index in [-0.39, 0.29) is 0 Å². The largest absolute Gasteiger partial charge is 0.371 e. The molecule has 2 nitrogen and oxygen atoms in total. The molecule has 1 aromatic rings. The maximum Gasteiger partial charge on any atom is 0.0414 e. The molecule has 0 unspecified atom stereocenters. The summed E-state index contributed by atoms with van der Waals surface area (Å²) in [6, 6.07) is 9.47. The van der Waals surface area contributed by atoms with Crippen LogP contribution in [0.15, 0.2) is 24.3 Å². The fourth-order valence-corrected chi connectivity index (χ4v) is 3.04. The zero-order chi connectivity index (χ0) is 10.3. The first kappa shape index (κ1) is 9.22. The molecule has 0 aliphatic carbocycles. The molecule has 3 rings (SSSR count). The van der Waals surface area contributed by atoms with Gasteiger partial charge in [0.15, 0.2) is 0 Å². The van der Waals surface area contributed by atoms with Gasteiger partial charge in [-0.3, -0.25) is 0 Å². The molecule has 1 fully saturated rings. The highest BCUT2D eigenvalue weighted by Crippen LogP contribution is 2.40. The number of hydrogen-bond donors (Lipinski definition) is 1. The van der Waals surface area contributed by atoms with Crippen LogP contribution in [-0.4, -0.2) is 19.6 Å². The molecule has 2 aliphatic heterocycles. The van der Waals surface area contributed by atoms with Gasteiger partial charge < -0.3 is 10.2 Å². The van der Waals surface area contributed by atoms with Crippen molar-refractivity contribution in [3.63, 3.8) is 0 Å². The van der Waals surface area contributed by atoms with Crippen LogP contribution in [0.4, 0.5) is 5.69 Å². The summed E-state index contributed by atoms with van der Waals surface area (Å²) in [5.41, 5.74) is 2.95. The fraction of sp³-hybridized carbons (Fsp3) is 0.538. The molecule has 0 aromatic heterocycles. The quantitative estimate of drug-likeness (QED) is 0.751. The van der Waals surface area contributed by atoms with Crippen molar-refractivity contribution in [2.24, 2.45) is 5.92 Å². The molecule has 0 saturated carbocycles. The molecule has 1 aromatic carbocycles. The number of hydrogen-bond acceptors (Lipinski definition) is 2. The van der Waals surface area contributed by atoms with E-state index < -0.39 is 0 Å². The van der Waals surface area contributed by atoms with Crippen molar-refractivity contribution in [3.05, 3.63) is 29.8 Å². The zero-order valence-electron chi connectivity index (χ0n) is 9.24. The van der Waals surface area contributed by atoms with Gasteiger partial charge in [-0.15, -0.1) is 0 Å². The Morgan fingerprint density at radius 3 is 3.13 bits per heavy atom. The number of para-hydroxylation sites is 1. The van der Waals surface area contributed by atoms with Gasteiger partial charge in [-0.25, -0.2) is 0 Å². The van der Waals surface area contributed by atoms with Crippen LogP contribution in [0.3, 0.4) is 0 Å². The minimum atomic E-state index is 0.615. The van der Waals surface area contributed by atoms with Crippen molar-refractivity contribution < 1.29 is 0 Å². The number of rotatable bonds is 1. The summed E-state index contributed by atoms with van der Waals surface area (Å²) < 4.78 is 0. The van der Waals surface area contributed by atoms with Crippen LogP contribution >= 0.6 is 0 Å². The third-order valence-electron chi connectivity index (χ3n) is 3.80. The van der Waals surface area contributed by atoms with E-state index in [1.807, 2.05) is 0 Å². The summed E-state index contributed by atoms with van der Waals surface area (Å²) in [4.78, 5) is 2.52. The fourth-order valence-electron chi connectivity index (χ4n) is 3.04. The van der Waals surface area contributed by atoms with E-state index >= 15 is 0 Å². The predicted octanol–water partition coefficient (Wildman–Crippen LogP) is 2.18. The highest BCUT2D eigenvalue weighted by Gasteiger charge is 2.35. The summed E-state index contributed by atoms with van der Waals surface area (Å²) in [5.74, 6) is 0.819. The van der Waals surface area contributed by atoms with Crippen LogP contribution in [0.1, 0.15) is 24.9 Å². The smallest absolute Gasteiger partial charge is 0.0414 e. The van der Waals surface area contributed by atoms with E-state index in [1.54, 1.807) is 0 Å². The molecule has 0 bridgehead atoms. The maximum absolute atomic E-state index is 3.63. The minimum Gasteiger partial charge on any atom is -0.371 e. The van der Waals surface area contributed by atoms with Gasteiger partial charge in [0.25, 0.3) is 0 Å². The number of anilines is 1. The van der Waals surface area contributed by atoms with E-state index in [0.29, 0.717) is 6.04 Å². The monoisotopic (exact) mass is 202 g/mol. The lowest BCUT2D eigenvalue weighted by Crippen LogP contribution is -2.37. The number of nitrogens with one attached hydrogen (secondary N) is 1. The Labute approximate surface area is 91.3 Å². The lowest BCUT2D eigenvalue weighted by Gasteiger charge is -2.37. The molecule has 2 heteroatoms. The van der Waals surface area contributed by atoms with Gasteiger partial charge in [0, 0.05) is 24.8 Å². The molecular formula is C13H18N2. The third kappa shape index (κ3) is 1.36. The molecule has 1 N–H and O–H groups in total. The number of fused-ring (bicyclic) bond motifs is 3. The normalized spacial score (nSPS) is 28.7. The van der Waals surface area contributed by atoms with Gasteiger partial charge in [0.2, 0.25) is 0 Å². The van der Waals surface area contributed by atoms with Gasteiger partial charge in [-0.2, -0.15) is 0 Å². The van der Waals surface area contributed by atoms with Crippen LogP contribution in [0.2, 0.25) is 0 Å². The van der Waals surface area contributed by atoms with Crippen molar-refractivity contribution in [1.82, 2.24) is 5.32 Å². The molecule has 0 amide bonds. The summed E-state index contributed by atoms with van der Waals surface area (Å²) in [6.07, 6.45) is 1.33.